The SMILES string of the molecule is COCC[NH+](CC(=O)Nc1ccccc1C#N)Cc1nc2ccccc2c(=O)[nH]1. The topological polar surface area (TPSA) is 112 Å². The molecule has 29 heavy (non-hydrogen) atoms. The number of amides is 1. The molecular weight excluding hydrogens is 370 g/mol. The van der Waals surface area contributed by atoms with Crippen LogP contribution in [0.2, 0.25) is 0 Å². The van der Waals surface area contributed by atoms with Crippen molar-refractivity contribution in [3.05, 3.63) is 70.3 Å². The molecule has 0 aliphatic rings. The zero-order valence-electron chi connectivity index (χ0n) is 16.1. The zero-order valence-corrected chi connectivity index (χ0v) is 16.1. The second-order valence-electron chi connectivity index (χ2n) is 6.58. The summed E-state index contributed by atoms with van der Waals surface area (Å²) >= 11 is 0. The molecule has 0 aliphatic carbocycles. The lowest BCUT2D eigenvalue weighted by atomic mass is 10.2. The van der Waals surface area contributed by atoms with Gasteiger partial charge in [0, 0.05) is 7.11 Å². The van der Waals surface area contributed by atoms with Gasteiger partial charge in [0.1, 0.15) is 19.2 Å². The van der Waals surface area contributed by atoms with Gasteiger partial charge in [0.15, 0.2) is 12.4 Å². The van der Waals surface area contributed by atoms with Crippen molar-refractivity contribution in [1.29, 1.82) is 5.26 Å². The fourth-order valence-electron chi connectivity index (χ4n) is 3.05. The molecule has 0 saturated carbocycles. The Morgan fingerprint density at radius 1 is 1.24 bits per heavy atom. The number of carbonyl (C=O) groups excluding carboxylic acids is 1. The Kier molecular flexibility index (Phi) is 6.68. The van der Waals surface area contributed by atoms with Crippen LogP contribution in [0.5, 0.6) is 0 Å². The number of nitrogens with one attached hydrogen (secondary N) is 3. The molecule has 148 valence electrons. The number of nitriles is 1. The lowest BCUT2D eigenvalue weighted by Gasteiger charge is -2.18. The number of para-hydroxylation sites is 2. The first kappa shape index (κ1) is 20.2. The molecule has 0 fully saturated rings. The van der Waals surface area contributed by atoms with E-state index < -0.39 is 0 Å². The van der Waals surface area contributed by atoms with Crippen molar-refractivity contribution in [2.75, 3.05) is 32.1 Å². The number of H-pyrrole nitrogens is 1. The number of aromatic nitrogens is 2. The normalized spacial score (nSPS) is 11.7. The summed E-state index contributed by atoms with van der Waals surface area (Å²) in [5.74, 6) is 0.270. The summed E-state index contributed by atoms with van der Waals surface area (Å²) in [5.41, 5.74) is 1.29. The van der Waals surface area contributed by atoms with Crippen molar-refractivity contribution in [3.8, 4) is 6.07 Å². The average molecular weight is 392 g/mol. The van der Waals surface area contributed by atoms with E-state index in [0.717, 1.165) is 4.90 Å². The number of hydrogen-bond acceptors (Lipinski definition) is 5. The van der Waals surface area contributed by atoms with E-state index in [1.807, 2.05) is 6.07 Å². The van der Waals surface area contributed by atoms with E-state index >= 15 is 0 Å². The number of anilines is 1. The number of methoxy groups -OCH3 is 1. The van der Waals surface area contributed by atoms with E-state index in [-0.39, 0.29) is 18.0 Å². The first-order valence-electron chi connectivity index (χ1n) is 9.20. The quantitative estimate of drug-likeness (QED) is 0.516. The summed E-state index contributed by atoms with van der Waals surface area (Å²) in [7, 11) is 1.59. The van der Waals surface area contributed by atoms with Crippen LogP contribution < -0.4 is 15.8 Å². The molecule has 3 N–H and O–H groups in total. The van der Waals surface area contributed by atoms with Gasteiger partial charge in [-0.15, -0.1) is 0 Å². The molecule has 0 radical (unpaired) electrons. The maximum Gasteiger partial charge on any atom is 0.279 e. The molecule has 1 aromatic heterocycles. The third-order valence-electron chi connectivity index (χ3n) is 4.47. The molecule has 8 nitrogen and oxygen atoms in total. The first-order valence-corrected chi connectivity index (χ1v) is 9.20. The Balaban J connectivity index is 1.75. The van der Waals surface area contributed by atoms with Gasteiger partial charge in [0.2, 0.25) is 0 Å². The van der Waals surface area contributed by atoms with Crippen molar-refractivity contribution >= 4 is 22.5 Å². The molecule has 0 saturated heterocycles. The van der Waals surface area contributed by atoms with Gasteiger partial charge in [-0.3, -0.25) is 9.59 Å². The minimum absolute atomic E-state index is 0.139. The van der Waals surface area contributed by atoms with Crippen LogP contribution >= 0.6 is 0 Å². The van der Waals surface area contributed by atoms with Crippen LogP contribution in [0, 0.1) is 11.3 Å². The van der Waals surface area contributed by atoms with Crippen LogP contribution in [0.15, 0.2) is 53.3 Å². The molecule has 1 amide bonds. The van der Waals surface area contributed by atoms with E-state index in [0.29, 0.717) is 47.7 Å². The summed E-state index contributed by atoms with van der Waals surface area (Å²) in [6, 6.07) is 16.0. The molecule has 8 heteroatoms. The van der Waals surface area contributed by atoms with Crippen molar-refractivity contribution in [1.82, 2.24) is 9.97 Å². The number of ether oxygens (including phenoxy) is 1. The third kappa shape index (κ3) is 5.25. The number of hydrogen-bond donors (Lipinski definition) is 3. The number of quaternary nitrogens is 1. The van der Waals surface area contributed by atoms with Gasteiger partial charge in [-0.1, -0.05) is 24.3 Å². The van der Waals surface area contributed by atoms with E-state index in [9.17, 15) is 14.9 Å². The molecule has 3 rings (SSSR count). The number of benzene rings is 2. The summed E-state index contributed by atoms with van der Waals surface area (Å²) in [6.07, 6.45) is 0. The molecule has 0 spiro atoms. The smallest absolute Gasteiger partial charge is 0.279 e. The highest BCUT2D eigenvalue weighted by Crippen LogP contribution is 2.12. The summed E-state index contributed by atoms with van der Waals surface area (Å²) in [6.45, 7) is 1.51. The predicted octanol–water partition coefficient (Wildman–Crippen LogP) is 0.465. The van der Waals surface area contributed by atoms with Crippen LogP contribution in [0.1, 0.15) is 11.4 Å². The number of nitrogens with zero attached hydrogens (tertiary/aromatic N) is 2. The largest absolute Gasteiger partial charge is 0.379 e. The average Bonchev–Trinajstić information content (AvgIpc) is 2.72. The van der Waals surface area contributed by atoms with E-state index in [2.05, 4.69) is 21.4 Å². The first-order chi connectivity index (χ1) is 14.1. The van der Waals surface area contributed by atoms with Gasteiger partial charge in [0.25, 0.3) is 11.5 Å². The van der Waals surface area contributed by atoms with E-state index in [1.54, 1.807) is 49.6 Å². The fraction of sp³-hybridized carbons (Fsp3) is 0.238. The second-order valence-corrected chi connectivity index (χ2v) is 6.58. The lowest BCUT2D eigenvalue weighted by Crippen LogP contribution is -3.12. The molecule has 1 unspecified atom stereocenters. The monoisotopic (exact) mass is 392 g/mol. The Bertz CT molecular complexity index is 1100. The van der Waals surface area contributed by atoms with Gasteiger partial charge in [-0.05, 0) is 24.3 Å². The molecular formula is C21H22N5O3+. The lowest BCUT2D eigenvalue weighted by molar-refractivity contribution is -0.906. The van der Waals surface area contributed by atoms with Crippen molar-refractivity contribution < 1.29 is 14.4 Å². The van der Waals surface area contributed by atoms with Gasteiger partial charge in [0.05, 0.1) is 28.8 Å². The minimum atomic E-state index is -0.234. The highest BCUT2D eigenvalue weighted by atomic mass is 16.5. The van der Waals surface area contributed by atoms with Crippen molar-refractivity contribution in [2.24, 2.45) is 0 Å². The highest BCUT2D eigenvalue weighted by Gasteiger charge is 2.18. The Labute approximate surface area is 167 Å². The van der Waals surface area contributed by atoms with E-state index in [1.165, 1.54) is 0 Å². The van der Waals surface area contributed by atoms with Crippen LogP contribution in [-0.4, -0.2) is 42.7 Å². The molecule has 0 aliphatic heterocycles. The van der Waals surface area contributed by atoms with Crippen molar-refractivity contribution in [2.45, 2.75) is 6.54 Å². The summed E-state index contributed by atoms with van der Waals surface area (Å²) in [4.78, 5) is 33.0. The van der Waals surface area contributed by atoms with Gasteiger partial charge >= 0.3 is 0 Å². The van der Waals surface area contributed by atoms with Crippen LogP contribution in [0.4, 0.5) is 5.69 Å². The van der Waals surface area contributed by atoms with Crippen LogP contribution in [0.25, 0.3) is 10.9 Å². The summed E-state index contributed by atoms with van der Waals surface area (Å²) < 4.78 is 5.15. The van der Waals surface area contributed by atoms with Crippen LogP contribution in [0.3, 0.4) is 0 Å². The molecule has 1 heterocycles. The van der Waals surface area contributed by atoms with Crippen molar-refractivity contribution in [3.63, 3.8) is 0 Å². The highest BCUT2D eigenvalue weighted by molar-refractivity contribution is 5.92. The minimum Gasteiger partial charge on any atom is -0.379 e. The molecule has 1 atom stereocenters. The zero-order chi connectivity index (χ0) is 20.6. The summed E-state index contributed by atoms with van der Waals surface area (Å²) in [5, 5.41) is 12.5. The second kappa shape index (κ2) is 9.59. The molecule has 3 aromatic rings. The number of rotatable bonds is 8. The van der Waals surface area contributed by atoms with Gasteiger partial charge in [-0.25, -0.2) is 4.98 Å². The number of aromatic amines is 1. The van der Waals surface area contributed by atoms with Gasteiger partial charge in [-0.2, -0.15) is 5.26 Å². The number of carbonyl (C=O) groups is 1. The van der Waals surface area contributed by atoms with Crippen LogP contribution in [-0.2, 0) is 16.1 Å². The predicted molar refractivity (Wildman–Crippen MR) is 108 cm³/mol. The molecule has 0 bridgehead atoms. The molecule has 2 aromatic carbocycles. The van der Waals surface area contributed by atoms with Gasteiger partial charge < -0.3 is 19.9 Å². The Hall–Kier alpha value is -3.54. The van der Waals surface area contributed by atoms with E-state index in [4.69, 9.17) is 4.74 Å². The number of fused-ring (bicyclic) bond motifs is 1. The Morgan fingerprint density at radius 2 is 2.00 bits per heavy atom. The standard InChI is InChI=1S/C21H21N5O3/c1-29-11-10-26(14-20(27)24-17-8-4-2-6-15(17)12-22)13-19-23-18-9-5-3-7-16(18)21(28)25-19/h2-9H,10-11,13-14H2,1H3,(H,24,27)(H,23,25,28)/p+1. The maximum atomic E-state index is 12.5. The third-order valence-corrected chi connectivity index (χ3v) is 4.47. The Morgan fingerprint density at radius 3 is 2.79 bits per heavy atom. The maximum absolute atomic E-state index is 12.5. The fourth-order valence-corrected chi connectivity index (χ4v) is 3.05.